The number of benzene rings is 1. The molecule has 3 N–H and O–H groups in total. The molecule has 0 radical (unpaired) electrons. The molecule has 3 heterocycles. The summed E-state index contributed by atoms with van der Waals surface area (Å²) in [4.78, 5) is 43.8. The Morgan fingerprint density at radius 3 is 2.53 bits per heavy atom. The Kier molecular flexibility index (Phi) is 5.84. The van der Waals surface area contributed by atoms with Crippen LogP contribution < -0.4 is 17.0 Å². The number of aromatic amines is 1. The summed E-state index contributed by atoms with van der Waals surface area (Å²) in [5.41, 5.74) is 6.42. The minimum absolute atomic E-state index is 0.0690. The Balaban J connectivity index is 1.45. The van der Waals surface area contributed by atoms with Gasteiger partial charge in [-0.05, 0) is 30.5 Å². The minimum atomic E-state index is -0.770. The van der Waals surface area contributed by atoms with Crippen LogP contribution in [0.2, 0.25) is 0 Å². The van der Waals surface area contributed by atoms with Gasteiger partial charge in [-0.15, -0.1) is 10.2 Å². The van der Waals surface area contributed by atoms with Gasteiger partial charge in [0.15, 0.2) is 16.8 Å². The summed E-state index contributed by atoms with van der Waals surface area (Å²) in [5.74, 6) is 0.00294. The van der Waals surface area contributed by atoms with Gasteiger partial charge >= 0.3 is 5.69 Å². The SMILES string of the molecule is Nc1c(C(=O)CSc2nnc(-c3ccncc3)n2Cc2ccccc2)c(=O)[nH]c(=O)n1C1CC1. The van der Waals surface area contributed by atoms with E-state index in [1.165, 1.54) is 4.57 Å². The number of ketones is 1. The molecule has 11 heteroatoms. The largest absolute Gasteiger partial charge is 0.384 e. The highest BCUT2D eigenvalue weighted by molar-refractivity contribution is 7.99. The number of pyridine rings is 1. The maximum absolute atomic E-state index is 13.0. The van der Waals surface area contributed by atoms with Crippen LogP contribution in [0.5, 0.6) is 0 Å². The van der Waals surface area contributed by atoms with Gasteiger partial charge in [0.25, 0.3) is 5.56 Å². The fourth-order valence-electron chi connectivity index (χ4n) is 3.75. The highest BCUT2D eigenvalue weighted by Crippen LogP contribution is 2.35. The zero-order valence-corrected chi connectivity index (χ0v) is 18.9. The number of Topliss-reactive ketones (excluding diaryl/α,β-unsaturated/α-hetero) is 1. The molecule has 0 atom stereocenters. The van der Waals surface area contributed by atoms with Crippen LogP contribution in [0.1, 0.15) is 34.8 Å². The predicted octanol–water partition coefficient (Wildman–Crippen LogP) is 2.13. The first-order valence-corrected chi connectivity index (χ1v) is 11.7. The van der Waals surface area contributed by atoms with E-state index in [4.69, 9.17) is 5.73 Å². The van der Waals surface area contributed by atoms with E-state index < -0.39 is 17.0 Å². The molecular weight excluding hydrogens is 454 g/mol. The third kappa shape index (κ3) is 4.29. The number of carbonyl (C=O) groups excluding carboxylic acids is 1. The van der Waals surface area contributed by atoms with Gasteiger partial charge in [-0.1, -0.05) is 42.1 Å². The third-order valence-corrected chi connectivity index (χ3v) is 6.51. The maximum atomic E-state index is 13.0. The van der Waals surface area contributed by atoms with Crippen molar-refractivity contribution in [1.82, 2.24) is 29.3 Å². The molecule has 1 aliphatic carbocycles. The fraction of sp³-hybridized carbons (Fsp3) is 0.217. The van der Waals surface area contributed by atoms with Crippen molar-refractivity contribution < 1.29 is 4.79 Å². The van der Waals surface area contributed by atoms with Crippen LogP contribution in [0.4, 0.5) is 5.82 Å². The Hall–Kier alpha value is -3.99. The number of nitrogens with one attached hydrogen (secondary N) is 1. The van der Waals surface area contributed by atoms with Gasteiger partial charge in [-0.25, -0.2) is 4.79 Å². The predicted molar refractivity (Wildman–Crippen MR) is 128 cm³/mol. The molecular formula is C23H21N7O3S. The summed E-state index contributed by atoms with van der Waals surface area (Å²) >= 11 is 1.16. The molecule has 0 unspecified atom stereocenters. The van der Waals surface area contributed by atoms with Crippen LogP contribution in [0.3, 0.4) is 0 Å². The number of thioether (sulfide) groups is 1. The molecule has 0 saturated heterocycles. The zero-order chi connectivity index (χ0) is 23.7. The van der Waals surface area contributed by atoms with E-state index >= 15 is 0 Å². The Labute approximate surface area is 197 Å². The molecule has 1 saturated carbocycles. The van der Waals surface area contributed by atoms with Crippen LogP contribution in [0, 0.1) is 0 Å². The number of anilines is 1. The van der Waals surface area contributed by atoms with Crippen LogP contribution in [0.15, 0.2) is 69.6 Å². The average molecular weight is 476 g/mol. The van der Waals surface area contributed by atoms with Gasteiger partial charge in [0.1, 0.15) is 11.4 Å². The van der Waals surface area contributed by atoms with Gasteiger partial charge in [-0.2, -0.15) is 0 Å². The van der Waals surface area contributed by atoms with E-state index in [9.17, 15) is 14.4 Å². The summed E-state index contributed by atoms with van der Waals surface area (Å²) in [6.07, 6.45) is 4.94. The lowest BCUT2D eigenvalue weighted by molar-refractivity contribution is 0.102. The number of H-pyrrole nitrogens is 1. The molecule has 0 aliphatic heterocycles. The van der Waals surface area contributed by atoms with Gasteiger partial charge in [0, 0.05) is 24.0 Å². The number of aromatic nitrogens is 6. The van der Waals surface area contributed by atoms with Crippen molar-refractivity contribution in [2.45, 2.75) is 30.6 Å². The Morgan fingerprint density at radius 2 is 1.82 bits per heavy atom. The van der Waals surface area contributed by atoms with E-state index in [0.717, 1.165) is 35.7 Å². The lowest BCUT2D eigenvalue weighted by Crippen LogP contribution is -2.36. The quantitative estimate of drug-likeness (QED) is 0.292. The van der Waals surface area contributed by atoms with Crippen molar-refractivity contribution in [3.63, 3.8) is 0 Å². The van der Waals surface area contributed by atoms with Gasteiger partial charge in [0.05, 0.1) is 12.3 Å². The first-order chi connectivity index (χ1) is 16.5. The monoisotopic (exact) mass is 475 g/mol. The van der Waals surface area contributed by atoms with Gasteiger partial charge < -0.3 is 5.73 Å². The van der Waals surface area contributed by atoms with Crippen molar-refractivity contribution in [1.29, 1.82) is 0 Å². The second kappa shape index (κ2) is 9.10. The molecule has 1 aromatic carbocycles. The molecule has 4 aromatic rings. The van der Waals surface area contributed by atoms with E-state index in [2.05, 4.69) is 20.2 Å². The van der Waals surface area contributed by atoms with Crippen molar-refractivity contribution in [2.24, 2.45) is 0 Å². The van der Waals surface area contributed by atoms with E-state index in [0.29, 0.717) is 17.5 Å². The van der Waals surface area contributed by atoms with Gasteiger partial charge in [-0.3, -0.25) is 28.7 Å². The third-order valence-electron chi connectivity index (χ3n) is 5.54. The first-order valence-electron chi connectivity index (χ1n) is 10.7. The zero-order valence-electron chi connectivity index (χ0n) is 18.0. The first kappa shape index (κ1) is 21.8. The number of nitrogens with zero attached hydrogens (tertiary/aromatic N) is 5. The number of hydrogen-bond acceptors (Lipinski definition) is 8. The normalized spacial score (nSPS) is 13.2. The van der Waals surface area contributed by atoms with Crippen molar-refractivity contribution >= 4 is 23.4 Å². The lowest BCUT2D eigenvalue weighted by Gasteiger charge is -2.12. The number of nitrogen functional groups attached to an aromatic ring is 1. The summed E-state index contributed by atoms with van der Waals surface area (Å²) in [7, 11) is 0. The molecule has 3 aromatic heterocycles. The van der Waals surface area contributed by atoms with Crippen molar-refractivity contribution in [3.05, 3.63) is 86.8 Å². The second-order valence-electron chi connectivity index (χ2n) is 7.95. The average Bonchev–Trinajstić information content (AvgIpc) is 3.59. The molecule has 5 rings (SSSR count). The Morgan fingerprint density at radius 1 is 1.09 bits per heavy atom. The maximum Gasteiger partial charge on any atom is 0.330 e. The summed E-state index contributed by atoms with van der Waals surface area (Å²) in [6, 6.07) is 13.4. The molecule has 10 nitrogen and oxygen atoms in total. The fourth-order valence-corrected chi connectivity index (χ4v) is 4.56. The molecule has 0 spiro atoms. The molecule has 1 fully saturated rings. The molecule has 34 heavy (non-hydrogen) atoms. The number of nitrogens with two attached hydrogens (primary N) is 1. The van der Waals surface area contributed by atoms with Crippen LogP contribution >= 0.6 is 11.8 Å². The molecule has 0 amide bonds. The summed E-state index contributed by atoms with van der Waals surface area (Å²) in [5, 5.41) is 9.16. The lowest BCUT2D eigenvalue weighted by atomic mass is 10.2. The standard InChI is InChI=1S/C23H21N7O3S/c24-19-18(21(32)26-22(33)30(19)16-6-7-16)17(31)13-34-23-28-27-20(15-8-10-25-11-9-15)29(23)12-14-4-2-1-3-5-14/h1-5,8-11,16H,6-7,12-13,24H2,(H,26,32,33). The Bertz CT molecular complexity index is 1460. The van der Waals surface area contributed by atoms with E-state index in [1.807, 2.05) is 47.0 Å². The van der Waals surface area contributed by atoms with E-state index in [1.54, 1.807) is 12.4 Å². The topological polar surface area (TPSA) is 142 Å². The van der Waals surface area contributed by atoms with Crippen LogP contribution in [-0.4, -0.2) is 40.8 Å². The van der Waals surface area contributed by atoms with Gasteiger partial charge in [0.2, 0.25) is 0 Å². The number of rotatable bonds is 8. The smallest absolute Gasteiger partial charge is 0.330 e. The second-order valence-corrected chi connectivity index (χ2v) is 8.89. The summed E-state index contributed by atoms with van der Waals surface area (Å²) in [6.45, 7) is 0.497. The van der Waals surface area contributed by atoms with E-state index in [-0.39, 0.29) is 23.2 Å². The summed E-state index contributed by atoms with van der Waals surface area (Å²) < 4.78 is 3.22. The van der Waals surface area contributed by atoms with Crippen molar-refractivity contribution in [2.75, 3.05) is 11.5 Å². The minimum Gasteiger partial charge on any atom is -0.384 e. The van der Waals surface area contributed by atoms with Crippen LogP contribution in [0.25, 0.3) is 11.4 Å². The van der Waals surface area contributed by atoms with Crippen LogP contribution in [-0.2, 0) is 6.54 Å². The van der Waals surface area contributed by atoms with Crippen molar-refractivity contribution in [3.8, 4) is 11.4 Å². The highest BCUT2D eigenvalue weighted by atomic mass is 32.2. The molecule has 1 aliphatic rings. The highest BCUT2D eigenvalue weighted by Gasteiger charge is 2.30. The molecule has 172 valence electrons. The number of hydrogen-bond donors (Lipinski definition) is 2. The number of carbonyl (C=O) groups is 1. The molecule has 0 bridgehead atoms.